The van der Waals surface area contributed by atoms with Crippen LogP contribution in [0.1, 0.15) is 49.1 Å². The average Bonchev–Trinajstić information content (AvgIpc) is 2.76. The standard InChI is InChI=1S/C21H20F3N3O10/c1-11(28)36-19-18(15-7-14(21(22,23)24)4-5-16(15)37-20(19,2)3)25-8-13(10-35-27(32)33)12(6-17(25)29)9-34-26(30)31/h4-8,18-19H,9-10H2,1-3H3. The molecule has 0 aliphatic carbocycles. The van der Waals surface area contributed by atoms with Crippen LogP contribution < -0.4 is 10.3 Å². The largest absolute Gasteiger partial charge is 0.484 e. The van der Waals surface area contributed by atoms with E-state index in [1.807, 2.05) is 0 Å². The van der Waals surface area contributed by atoms with Crippen molar-refractivity contribution in [2.45, 2.75) is 57.9 Å². The lowest BCUT2D eigenvalue weighted by Crippen LogP contribution is -2.54. The lowest BCUT2D eigenvalue weighted by atomic mass is 9.85. The number of carbonyl (C=O) groups excluding carboxylic acids is 1. The maximum Gasteiger partial charge on any atom is 0.416 e. The highest BCUT2D eigenvalue weighted by Crippen LogP contribution is 2.45. The molecule has 0 N–H and O–H groups in total. The molecule has 1 aromatic carbocycles. The Kier molecular flexibility index (Phi) is 7.32. The van der Waals surface area contributed by atoms with Crippen molar-refractivity contribution < 1.29 is 47.3 Å². The summed E-state index contributed by atoms with van der Waals surface area (Å²) in [6.45, 7) is 2.52. The first-order valence-corrected chi connectivity index (χ1v) is 10.5. The number of fused-ring (bicyclic) bond motifs is 1. The monoisotopic (exact) mass is 531 g/mol. The fourth-order valence-electron chi connectivity index (χ4n) is 3.97. The minimum atomic E-state index is -4.76. The van der Waals surface area contributed by atoms with E-state index < -0.39 is 64.4 Å². The first-order valence-electron chi connectivity index (χ1n) is 10.5. The Morgan fingerprint density at radius 2 is 1.70 bits per heavy atom. The molecule has 0 spiro atoms. The summed E-state index contributed by atoms with van der Waals surface area (Å²) < 4.78 is 52.7. The summed E-state index contributed by atoms with van der Waals surface area (Å²) in [5.74, 6) is -0.842. The van der Waals surface area contributed by atoms with Crippen LogP contribution in [0, 0.1) is 20.2 Å². The van der Waals surface area contributed by atoms with Gasteiger partial charge in [-0.2, -0.15) is 13.2 Å². The molecule has 0 amide bonds. The molecule has 1 aliphatic rings. The van der Waals surface area contributed by atoms with E-state index >= 15 is 0 Å². The van der Waals surface area contributed by atoms with Gasteiger partial charge in [0, 0.05) is 24.8 Å². The van der Waals surface area contributed by atoms with Crippen LogP contribution in [0.15, 0.2) is 35.3 Å². The van der Waals surface area contributed by atoms with Crippen molar-refractivity contribution in [2.24, 2.45) is 0 Å². The van der Waals surface area contributed by atoms with Crippen molar-refractivity contribution >= 4 is 5.97 Å². The Labute approximate surface area is 205 Å². The number of aromatic nitrogens is 1. The Balaban J connectivity index is 2.28. The van der Waals surface area contributed by atoms with Gasteiger partial charge < -0.3 is 23.7 Å². The van der Waals surface area contributed by atoms with Gasteiger partial charge >= 0.3 is 12.1 Å². The highest BCUT2D eigenvalue weighted by molar-refractivity contribution is 5.66. The number of alkyl halides is 3. The summed E-state index contributed by atoms with van der Waals surface area (Å²) in [6.07, 6.45) is -5.08. The third-order valence-electron chi connectivity index (χ3n) is 5.50. The molecule has 16 heteroatoms. The van der Waals surface area contributed by atoms with Crippen molar-refractivity contribution in [3.05, 3.63) is 83.3 Å². The highest BCUT2D eigenvalue weighted by Gasteiger charge is 2.48. The van der Waals surface area contributed by atoms with E-state index in [1.165, 1.54) is 13.8 Å². The molecule has 0 saturated heterocycles. The molecule has 0 fully saturated rings. The maximum atomic E-state index is 13.5. The summed E-state index contributed by atoms with van der Waals surface area (Å²) >= 11 is 0. The summed E-state index contributed by atoms with van der Waals surface area (Å²) in [5, 5.41) is 19.1. The minimum Gasteiger partial charge on any atom is -0.484 e. The van der Waals surface area contributed by atoms with Gasteiger partial charge in [-0.1, -0.05) is 0 Å². The summed E-state index contributed by atoms with van der Waals surface area (Å²) in [7, 11) is 0. The molecule has 2 heterocycles. The lowest BCUT2D eigenvalue weighted by Gasteiger charge is -2.44. The minimum absolute atomic E-state index is 0.0258. The van der Waals surface area contributed by atoms with Gasteiger partial charge in [-0.3, -0.25) is 9.59 Å². The first kappa shape index (κ1) is 27.2. The van der Waals surface area contributed by atoms with Gasteiger partial charge in [0.2, 0.25) is 0 Å². The summed E-state index contributed by atoms with van der Waals surface area (Å²) in [4.78, 5) is 55.1. The van der Waals surface area contributed by atoms with E-state index in [0.717, 1.165) is 42.0 Å². The number of carbonyl (C=O) groups is 1. The van der Waals surface area contributed by atoms with Crippen LogP contribution in [-0.4, -0.2) is 32.4 Å². The molecular formula is C21H20F3N3O10. The second-order valence-electron chi connectivity index (χ2n) is 8.49. The van der Waals surface area contributed by atoms with Crippen LogP contribution in [0.2, 0.25) is 0 Å². The molecule has 37 heavy (non-hydrogen) atoms. The number of hydrogen-bond acceptors (Lipinski definition) is 10. The lowest BCUT2D eigenvalue weighted by molar-refractivity contribution is -0.764. The van der Waals surface area contributed by atoms with Crippen molar-refractivity contribution in [3.8, 4) is 5.75 Å². The molecule has 0 bridgehead atoms. The number of benzene rings is 1. The fraction of sp³-hybridized carbons (Fsp3) is 0.429. The third-order valence-corrected chi connectivity index (χ3v) is 5.50. The van der Waals surface area contributed by atoms with Gasteiger partial charge in [0.15, 0.2) is 6.10 Å². The molecule has 200 valence electrons. The number of nitrogens with zero attached hydrogens (tertiary/aromatic N) is 3. The van der Waals surface area contributed by atoms with E-state index in [9.17, 15) is 43.0 Å². The van der Waals surface area contributed by atoms with Crippen LogP contribution in [0.25, 0.3) is 0 Å². The predicted molar refractivity (Wildman–Crippen MR) is 114 cm³/mol. The topological polar surface area (TPSA) is 162 Å². The Hall–Kier alpha value is -4.37. The molecule has 2 unspecified atom stereocenters. The SMILES string of the molecule is CC(=O)OC1C(n2cc(CO[N+](=O)[O-])c(CO[N+](=O)[O-])cc2=O)c2cc(C(F)(F)F)ccc2OC1(C)C. The second kappa shape index (κ2) is 9.94. The fourth-order valence-corrected chi connectivity index (χ4v) is 3.97. The summed E-state index contributed by atoms with van der Waals surface area (Å²) in [5.41, 5.74) is -3.71. The number of rotatable bonds is 8. The first-order chi connectivity index (χ1) is 17.1. The Morgan fingerprint density at radius 1 is 1.11 bits per heavy atom. The van der Waals surface area contributed by atoms with Crippen LogP contribution in [0.4, 0.5) is 13.2 Å². The molecule has 1 aliphatic heterocycles. The molecule has 0 saturated carbocycles. The zero-order valence-corrected chi connectivity index (χ0v) is 19.5. The molecule has 1 aromatic heterocycles. The second-order valence-corrected chi connectivity index (χ2v) is 8.49. The Bertz CT molecular complexity index is 1290. The molecule has 2 atom stereocenters. The normalized spacial score (nSPS) is 18.2. The van der Waals surface area contributed by atoms with Gasteiger partial charge in [0.1, 0.15) is 30.6 Å². The molecule has 2 aromatic rings. The number of hydrogen-bond donors (Lipinski definition) is 0. The van der Waals surface area contributed by atoms with E-state index in [-0.39, 0.29) is 22.4 Å². The average molecular weight is 531 g/mol. The van der Waals surface area contributed by atoms with E-state index in [1.54, 1.807) is 0 Å². The van der Waals surface area contributed by atoms with Crippen molar-refractivity contribution in [1.29, 1.82) is 0 Å². The smallest absolute Gasteiger partial charge is 0.416 e. The van der Waals surface area contributed by atoms with Gasteiger partial charge in [-0.05, 0) is 43.2 Å². The van der Waals surface area contributed by atoms with Gasteiger partial charge in [-0.15, -0.1) is 20.2 Å². The van der Waals surface area contributed by atoms with E-state index in [0.29, 0.717) is 0 Å². The van der Waals surface area contributed by atoms with Gasteiger partial charge in [0.25, 0.3) is 15.7 Å². The molecule has 13 nitrogen and oxygen atoms in total. The van der Waals surface area contributed by atoms with E-state index in [2.05, 4.69) is 9.68 Å². The molecular weight excluding hydrogens is 511 g/mol. The Morgan fingerprint density at radius 3 is 2.24 bits per heavy atom. The number of pyridine rings is 1. The van der Waals surface area contributed by atoms with Crippen LogP contribution in [-0.2, 0) is 38.6 Å². The third kappa shape index (κ3) is 6.07. The zero-order chi connectivity index (χ0) is 27.7. The van der Waals surface area contributed by atoms with Gasteiger partial charge in [-0.25, -0.2) is 0 Å². The maximum absolute atomic E-state index is 13.5. The van der Waals surface area contributed by atoms with Crippen molar-refractivity contribution in [3.63, 3.8) is 0 Å². The zero-order valence-electron chi connectivity index (χ0n) is 19.5. The van der Waals surface area contributed by atoms with E-state index in [4.69, 9.17) is 9.47 Å². The molecule has 3 rings (SSSR count). The molecule has 0 radical (unpaired) electrons. The quantitative estimate of drug-likeness (QED) is 0.281. The predicted octanol–water partition coefficient (Wildman–Crippen LogP) is 2.98. The van der Waals surface area contributed by atoms with Crippen molar-refractivity contribution in [1.82, 2.24) is 4.57 Å². The summed E-state index contributed by atoms with van der Waals surface area (Å²) in [6, 6.07) is 2.07. The number of esters is 1. The highest BCUT2D eigenvalue weighted by atomic mass is 19.4. The van der Waals surface area contributed by atoms with Crippen molar-refractivity contribution in [2.75, 3.05) is 0 Å². The van der Waals surface area contributed by atoms with Gasteiger partial charge in [0.05, 0.1) is 5.56 Å². The van der Waals surface area contributed by atoms with Crippen LogP contribution in [0.5, 0.6) is 5.75 Å². The number of halogens is 3. The number of ether oxygens (including phenoxy) is 2. The van der Waals surface area contributed by atoms with Crippen LogP contribution in [0.3, 0.4) is 0 Å². The van der Waals surface area contributed by atoms with Crippen LogP contribution >= 0.6 is 0 Å².